The minimum Gasteiger partial charge on any atom is -0.468 e. The molecule has 0 aliphatic heterocycles. The largest absolute Gasteiger partial charge is 0.468 e. The Morgan fingerprint density at radius 3 is 2.23 bits per heavy atom. The minimum absolute atomic E-state index is 0.295. The van der Waals surface area contributed by atoms with Crippen LogP contribution in [0.5, 0.6) is 6.01 Å². The predicted molar refractivity (Wildman–Crippen MR) is 111 cm³/mol. The van der Waals surface area contributed by atoms with Crippen LogP contribution in [-0.4, -0.2) is 26.9 Å². The third kappa shape index (κ3) is 3.00. The first-order chi connectivity index (χ1) is 14.6. The second-order valence-electron chi connectivity index (χ2n) is 6.78. The SMILES string of the molecule is COc1nc2ccc(-c3cn[nH]c3-c3ccc(F)cc3)cc2n1-c1ccc(F)cc1. The van der Waals surface area contributed by atoms with Crippen molar-refractivity contribution in [3.05, 3.63) is 84.6 Å². The van der Waals surface area contributed by atoms with E-state index in [1.54, 1.807) is 37.6 Å². The highest BCUT2D eigenvalue weighted by atomic mass is 19.1. The van der Waals surface area contributed by atoms with Gasteiger partial charge in [-0.05, 0) is 66.2 Å². The molecule has 0 amide bonds. The number of ether oxygens (including phenoxy) is 1. The number of imidazole rings is 1. The van der Waals surface area contributed by atoms with E-state index in [0.717, 1.165) is 39.1 Å². The highest BCUT2D eigenvalue weighted by Gasteiger charge is 2.16. The van der Waals surface area contributed by atoms with Crippen molar-refractivity contribution in [1.82, 2.24) is 19.7 Å². The summed E-state index contributed by atoms with van der Waals surface area (Å²) < 4.78 is 34.0. The Labute approximate surface area is 170 Å². The van der Waals surface area contributed by atoms with Gasteiger partial charge in [0.15, 0.2) is 0 Å². The molecule has 3 aromatic carbocycles. The van der Waals surface area contributed by atoms with Crippen LogP contribution in [0.25, 0.3) is 39.1 Å². The number of benzene rings is 3. The van der Waals surface area contributed by atoms with E-state index in [1.807, 2.05) is 22.8 Å². The van der Waals surface area contributed by atoms with Crippen LogP contribution in [0.1, 0.15) is 0 Å². The Kier molecular flexibility index (Phi) is 4.28. The Balaban J connectivity index is 1.68. The molecule has 0 fully saturated rings. The van der Waals surface area contributed by atoms with E-state index in [0.29, 0.717) is 6.01 Å². The standard InChI is InChI=1S/C23H16F2N4O/c1-30-23-27-20-11-4-15(12-21(20)29(23)18-9-7-17(25)8-10-18)19-13-26-28-22(19)14-2-5-16(24)6-3-14/h2-13H,1H3,(H,26,28). The maximum atomic E-state index is 13.4. The molecule has 0 atom stereocenters. The first kappa shape index (κ1) is 18.1. The Morgan fingerprint density at radius 2 is 1.53 bits per heavy atom. The van der Waals surface area contributed by atoms with Crippen LogP contribution in [-0.2, 0) is 0 Å². The van der Waals surface area contributed by atoms with E-state index in [4.69, 9.17) is 4.74 Å². The van der Waals surface area contributed by atoms with E-state index in [-0.39, 0.29) is 11.6 Å². The fourth-order valence-corrected chi connectivity index (χ4v) is 3.54. The Hall–Kier alpha value is -4.00. The number of methoxy groups -OCH3 is 1. The van der Waals surface area contributed by atoms with Crippen molar-refractivity contribution in [3.8, 4) is 34.1 Å². The van der Waals surface area contributed by atoms with Gasteiger partial charge in [-0.25, -0.2) is 8.78 Å². The third-order valence-electron chi connectivity index (χ3n) is 4.97. The lowest BCUT2D eigenvalue weighted by Crippen LogP contribution is -1.98. The smallest absolute Gasteiger partial charge is 0.301 e. The van der Waals surface area contributed by atoms with Crippen molar-refractivity contribution >= 4 is 11.0 Å². The average Bonchev–Trinajstić information content (AvgIpc) is 3.39. The van der Waals surface area contributed by atoms with E-state index < -0.39 is 0 Å². The second kappa shape index (κ2) is 7.11. The van der Waals surface area contributed by atoms with Crippen molar-refractivity contribution in [1.29, 1.82) is 0 Å². The van der Waals surface area contributed by atoms with Gasteiger partial charge >= 0.3 is 6.01 Å². The zero-order valence-electron chi connectivity index (χ0n) is 15.9. The number of aromatic amines is 1. The Morgan fingerprint density at radius 1 is 0.867 bits per heavy atom. The monoisotopic (exact) mass is 402 g/mol. The molecular weight excluding hydrogens is 386 g/mol. The predicted octanol–water partition coefficient (Wildman–Crippen LogP) is 5.37. The highest BCUT2D eigenvalue weighted by molar-refractivity contribution is 5.88. The van der Waals surface area contributed by atoms with Crippen molar-refractivity contribution in [2.24, 2.45) is 0 Å². The fourth-order valence-electron chi connectivity index (χ4n) is 3.54. The molecule has 7 heteroatoms. The zero-order chi connectivity index (χ0) is 20.7. The summed E-state index contributed by atoms with van der Waals surface area (Å²) in [5, 5.41) is 7.18. The van der Waals surface area contributed by atoms with E-state index in [9.17, 15) is 8.78 Å². The lowest BCUT2D eigenvalue weighted by Gasteiger charge is -2.09. The van der Waals surface area contributed by atoms with Gasteiger partial charge in [-0.15, -0.1) is 0 Å². The number of rotatable bonds is 4. The first-order valence-corrected chi connectivity index (χ1v) is 9.26. The number of nitrogens with one attached hydrogen (secondary N) is 1. The number of aromatic nitrogens is 4. The van der Waals surface area contributed by atoms with Crippen LogP contribution in [0.4, 0.5) is 8.78 Å². The van der Waals surface area contributed by atoms with Crippen molar-refractivity contribution in [2.45, 2.75) is 0 Å². The summed E-state index contributed by atoms with van der Waals surface area (Å²) in [4.78, 5) is 4.52. The molecule has 30 heavy (non-hydrogen) atoms. The van der Waals surface area contributed by atoms with Crippen LogP contribution < -0.4 is 4.74 Å². The molecule has 0 spiro atoms. The van der Waals surface area contributed by atoms with Crippen molar-refractivity contribution < 1.29 is 13.5 Å². The maximum Gasteiger partial charge on any atom is 0.301 e. The first-order valence-electron chi connectivity index (χ1n) is 9.26. The highest BCUT2D eigenvalue weighted by Crippen LogP contribution is 2.34. The van der Waals surface area contributed by atoms with Gasteiger partial charge in [0.2, 0.25) is 0 Å². The summed E-state index contributed by atoms with van der Waals surface area (Å²) in [5.74, 6) is -0.610. The molecule has 2 heterocycles. The molecule has 0 aliphatic carbocycles. The topological polar surface area (TPSA) is 55.7 Å². The van der Waals surface area contributed by atoms with Gasteiger partial charge in [-0.1, -0.05) is 6.07 Å². The maximum absolute atomic E-state index is 13.4. The number of hydrogen-bond acceptors (Lipinski definition) is 3. The summed E-state index contributed by atoms with van der Waals surface area (Å²) in [6, 6.07) is 18.6. The van der Waals surface area contributed by atoms with E-state index >= 15 is 0 Å². The lowest BCUT2D eigenvalue weighted by molar-refractivity contribution is 0.376. The van der Waals surface area contributed by atoms with Gasteiger partial charge in [-0.2, -0.15) is 10.1 Å². The van der Waals surface area contributed by atoms with E-state index in [2.05, 4.69) is 15.2 Å². The van der Waals surface area contributed by atoms with Crippen LogP contribution in [0.3, 0.4) is 0 Å². The molecule has 148 valence electrons. The molecule has 0 bridgehead atoms. The molecule has 0 unspecified atom stereocenters. The number of halogens is 2. The second-order valence-corrected chi connectivity index (χ2v) is 6.78. The molecular formula is C23H16F2N4O. The van der Waals surface area contributed by atoms with Crippen LogP contribution in [0, 0.1) is 11.6 Å². The van der Waals surface area contributed by atoms with Gasteiger partial charge in [0.05, 0.1) is 35.7 Å². The summed E-state index contributed by atoms with van der Waals surface area (Å²) in [7, 11) is 1.55. The molecule has 0 aliphatic rings. The quantitative estimate of drug-likeness (QED) is 0.440. The van der Waals surface area contributed by atoms with Gasteiger partial charge in [-0.3, -0.25) is 9.67 Å². The van der Waals surface area contributed by atoms with Gasteiger partial charge in [0.25, 0.3) is 0 Å². The van der Waals surface area contributed by atoms with Crippen LogP contribution >= 0.6 is 0 Å². The lowest BCUT2D eigenvalue weighted by atomic mass is 10.0. The molecule has 5 nitrogen and oxygen atoms in total. The van der Waals surface area contributed by atoms with Gasteiger partial charge in [0.1, 0.15) is 11.6 Å². The summed E-state index contributed by atoms with van der Waals surface area (Å²) in [6.45, 7) is 0. The third-order valence-corrected chi connectivity index (χ3v) is 4.97. The van der Waals surface area contributed by atoms with Crippen LogP contribution in [0.15, 0.2) is 72.9 Å². The summed E-state index contributed by atoms with van der Waals surface area (Å²) >= 11 is 0. The number of nitrogens with zero attached hydrogens (tertiary/aromatic N) is 3. The van der Waals surface area contributed by atoms with Gasteiger partial charge < -0.3 is 4.74 Å². The molecule has 0 saturated carbocycles. The molecule has 0 radical (unpaired) electrons. The van der Waals surface area contributed by atoms with Gasteiger partial charge in [0, 0.05) is 11.1 Å². The zero-order valence-corrected chi connectivity index (χ0v) is 15.9. The molecule has 1 N–H and O–H groups in total. The van der Waals surface area contributed by atoms with E-state index in [1.165, 1.54) is 24.3 Å². The van der Waals surface area contributed by atoms with Crippen molar-refractivity contribution in [2.75, 3.05) is 7.11 Å². The van der Waals surface area contributed by atoms with Crippen LogP contribution in [0.2, 0.25) is 0 Å². The normalized spacial score (nSPS) is 11.2. The fraction of sp³-hybridized carbons (Fsp3) is 0.0435. The average molecular weight is 402 g/mol. The molecule has 0 saturated heterocycles. The Bertz CT molecular complexity index is 1340. The number of hydrogen-bond donors (Lipinski definition) is 1. The number of H-pyrrole nitrogens is 1. The molecule has 5 aromatic rings. The number of fused-ring (bicyclic) bond motifs is 1. The summed E-state index contributed by atoms with van der Waals surface area (Å²) in [5.41, 5.74) is 5.67. The summed E-state index contributed by atoms with van der Waals surface area (Å²) in [6.07, 6.45) is 1.73. The van der Waals surface area contributed by atoms with Crippen molar-refractivity contribution in [3.63, 3.8) is 0 Å². The molecule has 5 rings (SSSR count). The molecule has 2 aromatic heterocycles. The minimum atomic E-state index is -0.315.